The summed E-state index contributed by atoms with van der Waals surface area (Å²) in [5, 5.41) is 12.1. The Hall–Kier alpha value is -2.64. The standard InChI is InChI=1S/C23H27N3O/c1-23(2,3)21(25-22(27)19-10-8-17(14-24)9-11-19)16-26-13-12-18-6-4-5-7-20(18)15-26/h4-11,21H,12-13,15-16H2,1-3H3,(H,25,27)/t21-/m0/s1. The Morgan fingerprint density at radius 1 is 1.15 bits per heavy atom. The molecule has 0 saturated carbocycles. The Balaban J connectivity index is 1.69. The molecule has 1 amide bonds. The van der Waals surface area contributed by atoms with Gasteiger partial charge in [-0.2, -0.15) is 5.26 Å². The summed E-state index contributed by atoms with van der Waals surface area (Å²) in [7, 11) is 0. The van der Waals surface area contributed by atoms with E-state index in [1.54, 1.807) is 24.3 Å². The highest BCUT2D eigenvalue weighted by Gasteiger charge is 2.29. The Kier molecular flexibility index (Phi) is 5.62. The molecule has 1 aliphatic heterocycles. The third-order valence-corrected chi connectivity index (χ3v) is 5.28. The number of hydrogen-bond acceptors (Lipinski definition) is 3. The van der Waals surface area contributed by atoms with Crippen molar-refractivity contribution >= 4 is 5.91 Å². The van der Waals surface area contributed by atoms with Crippen LogP contribution >= 0.6 is 0 Å². The minimum absolute atomic E-state index is 0.0332. The molecule has 0 spiro atoms. The van der Waals surface area contributed by atoms with Gasteiger partial charge < -0.3 is 5.32 Å². The largest absolute Gasteiger partial charge is 0.347 e. The van der Waals surface area contributed by atoms with Crippen LogP contribution in [0.25, 0.3) is 0 Å². The molecular weight excluding hydrogens is 334 g/mol. The number of amides is 1. The molecule has 0 aromatic heterocycles. The van der Waals surface area contributed by atoms with Gasteiger partial charge in [0.2, 0.25) is 0 Å². The SMILES string of the molecule is CC(C)(C)[C@H](CN1CCc2ccccc2C1)NC(=O)c1ccc(C#N)cc1. The third-order valence-electron chi connectivity index (χ3n) is 5.28. The summed E-state index contributed by atoms with van der Waals surface area (Å²) in [6.07, 6.45) is 1.05. The maximum Gasteiger partial charge on any atom is 0.251 e. The highest BCUT2D eigenvalue weighted by Crippen LogP contribution is 2.24. The smallest absolute Gasteiger partial charge is 0.251 e. The number of rotatable bonds is 4. The molecule has 0 unspecified atom stereocenters. The molecule has 1 heterocycles. The maximum absolute atomic E-state index is 12.7. The van der Waals surface area contributed by atoms with Gasteiger partial charge in [0.15, 0.2) is 0 Å². The van der Waals surface area contributed by atoms with Crippen molar-refractivity contribution in [1.29, 1.82) is 5.26 Å². The van der Waals surface area contributed by atoms with Crippen LogP contribution in [-0.2, 0) is 13.0 Å². The van der Waals surface area contributed by atoms with Crippen LogP contribution in [0.2, 0.25) is 0 Å². The number of nitrogens with zero attached hydrogens (tertiary/aromatic N) is 2. The van der Waals surface area contributed by atoms with Crippen LogP contribution in [0.1, 0.15) is 47.8 Å². The minimum atomic E-state index is -0.0863. The van der Waals surface area contributed by atoms with Crippen LogP contribution in [-0.4, -0.2) is 29.9 Å². The first-order chi connectivity index (χ1) is 12.9. The number of nitriles is 1. The predicted molar refractivity (Wildman–Crippen MR) is 107 cm³/mol. The molecular formula is C23H27N3O. The normalized spacial score (nSPS) is 15.5. The second kappa shape index (κ2) is 7.94. The van der Waals surface area contributed by atoms with Gasteiger partial charge in [0, 0.05) is 31.2 Å². The van der Waals surface area contributed by atoms with Gasteiger partial charge in [-0.05, 0) is 47.2 Å². The number of nitrogens with one attached hydrogen (secondary N) is 1. The number of benzene rings is 2. The van der Waals surface area contributed by atoms with Gasteiger partial charge in [-0.3, -0.25) is 9.69 Å². The average molecular weight is 361 g/mol. The molecule has 2 aromatic carbocycles. The van der Waals surface area contributed by atoms with Crippen molar-refractivity contribution in [3.8, 4) is 6.07 Å². The van der Waals surface area contributed by atoms with Crippen molar-refractivity contribution in [2.45, 2.75) is 39.8 Å². The molecule has 0 bridgehead atoms. The van der Waals surface area contributed by atoms with Crippen molar-refractivity contribution in [2.75, 3.05) is 13.1 Å². The molecule has 1 aliphatic rings. The lowest BCUT2D eigenvalue weighted by atomic mass is 9.85. The van der Waals surface area contributed by atoms with Crippen molar-refractivity contribution in [1.82, 2.24) is 10.2 Å². The topological polar surface area (TPSA) is 56.1 Å². The predicted octanol–water partition coefficient (Wildman–Crippen LogP) is 3.76. The number of carbonyl (C=O) groups is 1. The zero-order valence-corrected chi connectivity index (χ0v) is 16.3. The lowest BCUT2D eigenvalue weighted by molar-refractivity contribution is 0.0863. The highest BCUT2D eigenvalue weighted by atomic mass is 16.1. The fourth-order valence-electron chi connectivity index (χ4n) is 3.44. The van der Waals surface area contributed by atoms with Crippen molar-refractivity contribution < 1.29 is 4.79 Å². The molecule has 0 radical (unpaired) electrons. The Bertz CT molecular complexity index is 843. The summed E-state index contributed by atoms with van der Waals surface area (Å²) in [6.45, 7) is 9.24. The van der Waals surface area contributed by atoms with E-state index in [1.165, 1.54) is 11.1 Å². The van der Waals surface area contributed by atoms with Gasteiger partial charge >= 0.3 is 0 Å². The van der Waals surface area contributed by atoms with Gasteiger partial charge in [0.1, 0.15) is 0 Å². The minimum Gasteiger partial charge on any atom is -0.347 e. The van der Waals surface area contributed by atoms with Crippen molar-refractivity contribution in [3.05, 3.63) is 70.8 Å². The monoisotopic (exact) mass is 361 g/mol. The molecule has 4 nitrogen and oxygen atoms in total. The fraction of sp³-hybridized carbons (Fsp3) is 0.391. The Morgan fingerprint density at radius 3 is 2.44 bits per heavy atom. The van der Waals surface area contributed by atoms with E-state index in [4.69, 9.17) is 5.26 Å². The number of fused-ring (bicyclic) bond motifs is 1. The maximum atomic E-state index is 12.7. The van der Waals surface area contributed by atoms with Gasteiger partial charge in [-0.25, -0.2) is 0 Å². The lowest BCUT2D eigenvalue weighted by Crippen LogP contribution is -2.51. The average Bonchev–Trinajstić information content (AvgIpc) is 2.66. The number of carbonyl (C=O) groups excluding carboxylic acids is 1. The molecule has 1 atom stereocenters. The first-order valence-corrected chi connectivity index (χ1v) is 9.47. The molecule has 0 fully saturated rings. The first kappa shape index (κ1) is 19.1. The molecule has 3 rings (SSSR count). The van der Waals surface area contributed by atoms with E-state index in [0.717, 1.165) is 26.1 Å². The van der Waals surface area contributed by atoms with E-state index in [2.05, 4.69) is 61.3 Å². The van der Waals surface area contributed by atoms with Gasteiger partial charge in [-0.15, -0.1) is 0 Å². The quantitative estimate of drug-likeness (QED) is 0.902. The number of hydrogen-bond donors (Lipinski definition) is 1. The van der Waals surface area contributed by atoms with Crippen LogP contribution in [0.3, 0.4) is 0 Å². The highest BCUT2D eigenvalue weighted by molar-refractivity contribution is 5.94. The zero-order chi connectivity index (χ0) is 19.4. The van der Waals surface area contributed by atoms with Gasteiger partial charge in [0.25, 0.3) is 5.91 Å². The van der Waals surface area contributed by atoms with Gasteiger partial charge in [-0.1, -0.05) is 45.0 Å². The van der Waals surface area contributed by atoms with Crippen LogP contribution < -0.4 is 5.32 Å². The first-order valence-electron chi connectivity index (χ1n) is 9.47. The van der Waals surface area contributed by atoms with Crippen LogP contribution in [0.15, 0.2) is 48.5 Å². The second-order valence-electron chi connectivity index (χ2n) is 8.34. The van der Waals surface area contributed by atoms with Gasteiger partial charge in [0.05, 0.1) is 11.6 Å². The van der Waals surface area contributed by atoms with E-state index in [1.807, 2.05) is 0 Å². The fourth-order valence-corrected chi connectivity index (χ4v) is 3.44. The van der Waals surface area contributed by atoms with Crippen LogP contribution in [0, 0.1) is 16.7 Å². The molecule has 27 heavy (non-hydrogen) atoms. The zero-order valence-electron chi connectivity index (χ0n) is 16.3. The van der Waals surface area contributed by atoms with Crippen molar-refractivity contribution in [2.24, 2.45) is 5.41 Å². The Labute approximate surface area is 161 Å². The van der Waals surface area contributed by atoms with E-state index >= 15 is 0 Å². The molecule has 0 saturated heterocycles. The molecule has 4 heteroatoms. The molecule has 140 valence electrons. The lowest BCUT2D eigenvalue weighted by Gasteiger charge is -2.38. The van der Waals surface area contributed by atoms with Crippen molar-refractivity contribution in [3.63, 3.8) is 0 Å². The van der Waals surface area contributed by atoms with E-state index in [0.29, 0.717) is 11.1 Å². The second-order valence-corrected chi connectivity index (χ2v) is 8.34. The summed E-state index contributed by atoms with van der Waals surface area (Å²) < 4.78 is 0. The summed E-state index contributed by atoms with van der Waals surface area (Å²) >= 11 is 0. The molecule has 0 aliphatic carbocycles. The van der Waals surface area contributed by atoms with Crippen LogP contribution in [0.5, 0.6) is 0 Å². The summed E-state index contributed by atoms with van der Waals surface area (Å²) in [5.74, 6) is -0.0863. The summed E-state index contributed by atoms with van der Waals surface area (Å²) in [6, 6.07) is 17.5. The summed E-state index contributed by atoms with van der Waals surface area (Å²) in [4.78, 5) is 15.2. The molecule has 2 aromatic rings. The van der Waals surface area contributed by atoms with E-state index in [-0.39, 0.29) is 17.4 Å². The van der Waals surface area contributed by atoms with E-state index < -0.39 is 0 Å². The van der Waals surface area contributed by atoms with E-state index in [9.17, 15) is 4.79 Å². The van der Waals surface area contributed by atoms with Crippen LogP contribution in [0.4, 0.5) is 0 Å². The summed E-state index contributed by atoms with van der Waals surface area (Å²) in [5.41, 5.74) is 3.91. The third kappa shape index (κ3) is 4.75. The molecule has 1 N–H and O–H groups in total. The Morgan fingerprint density at radius 2 is 1.81 bits per heavy atom.